The highest BCUT2D eigenvalue weighted by Crippen LogP contribution is 2.32. The number of hydrogen-bond donors (Lipinski definition) is 0. The third-order valence-electron chi connectivity index (χ3n) is 3.20. The van der Waals surface area contributed by atoms with Crippen LogP contribution >= 0.6 is 11.8 Å². The predicted octanol–water partition coefficient (Wildman–Crippen LogP) is 3.91. The van der Waals surface area contributed by atoms with Crippen molar-refractivity contribution in [1.82, 2.24) is 0 Å². The lowest BCUT2D eigenvalue weighted by Gasteiger charge is -2.19. The summed E-state index contributed by atoms with van der Waals surface area (Å²) in [7, 11) is 0. The zero-order chi connectivity index (χ0) is 12.8. The van der Waals surface area contributed by atoms with Crippen LogP contribution in [0.2, 0.25) is 0 Å². The fraction of sp³-hybridized carbons (Fsp3) is 0.533. The summed E-state index contributed by atoms with van der Waals surface area (Å²) in [6.07, 6.45) is 4.65. The Morgan fingerprint density at radius 2 is 2.11 bits per heavy atom. The van der Waals surface area contributed by atoms with E-state index < -0.39 is 0 Å². The molecule has 0 N–H and O–H groups in total. The maximum atomic E-state index is 12.0. The number of carbonyl (C=O) groups excluding carboxylic acids is 1. The summed E-state index contributed by atoms with van der Waals surface area (Å²) >= 11 is 1.95. The minimum Gasteiger partial charge on any atom is -0.458 e. The molecule has 1 aromatic rings. The van der Waals surface area contributed by atoms with E-state index in [4.69, 9.17) is 4.74 Å². The predicted molar refractivity (Wildman–Crippen MR) is 76.0 cm³/mol. The number of hydrogen-bond acceptors (Lipinski definition) is 3. The van der Waals surface area contributed by atoms with Crippen LogP contribution in [0.3, 0.4) is 0 Å². The molecular formula is C15H20O2S. The summed E-state index contributed by atoms with van der Waals surface area (Å²) in [4.78, 5) is 12.0. The van der Waals surface area contributed by atoms with Crippen LogP contribution in [0.5, 0.6) is 0 Å². The van der Waals surface area contributed by atoms with Gasteiger partial charge in [-0.1, -0.05) is 25.1 Å². The van der Waals surface area contributed by atoms with Crippen molar-refractivity contribution in [3.05, 3.63) is 35.9 Å². The number of esters is 1. The fourth-order valence-corrected chi connectivity index (χ4v) is 3.54. The molecule has 0 amide bonds. The van der Waals surface area contributed by atoms with Gasteiger partial charge in [0.05, 0.1) is 5.56 Å². The smallest absolute Gasteiger partial charge is 0.338 e. The van der Waals surface area contributed by atoms with Gasteiger partial charge in [-0.25, -0.2) is 4.79 Å². The SMILES string of the molecule is CCCS[C@@H]1CCC[C@H]1OC(=O)c1ccccc1. The van der Waals surface area contributed by atoms with Gasteiger partial charge in [-0.3, -0.25) is 0 Å². The summed E-state index contributed by atoms with van der Waals surface area (Å²) in [5, 5.41) is 0.498. The molecule has 18 heavy (non-hydrogen) atoms. The Balaban J connectivity index is 1.90. The minimum absolute atomic E-state index is 0.106. The average Bonchev–Trinajstić information content (AvgIpc) is 2.84. The van der Waals surface area contributed by atoms with E-state index in [0.717, 1.165) is 12.2 Å². The molecule has 3 heteroatoms. The van der Waals surface area contributed by atoms with Crippen molar-refractivity contribution in [2.75, 3.05) is 5.75 Å². The van der Waals surface area contributed by atoms with Crippen LogP contribution in [-0.4, -0.2) is 23.1 Å². The van der Waals surface area contributed by atoms with Crippen molar-refractivity contribution in [1.29, 1.82) is 0 Å². The molecule has 0 heterocycles. The molecule has 0 spiro atoms. The molecule has 0 aromatic heterocycles. The Hall–Kier alpha value is -0.960. The molecule has 2 rings (SSSR count). The number of carbonyl (C=O) groups is 1. The first-order valence-electron chi connectivity index (χ1n) is 6.69. The van der Waals surface area contributed by atoms with Crippen LogP contribution in [0, 0.1) is 0 Å². The van der Waals surface area contributed by atoms with Crippen LogP contribution in [0.25, 0.3) is 0 Å². The second-order valence-electron chi connectivity index (χ2n) is 4.65. The average molecular weight is 264 g/mol. The molecule has 0 bridgehead atoms. The number of thioether (sulfide) groups is 1. The number of ether oxygens (including phenoxy) is 1. The molecule has 1 fully saturated rings. The summed E-state index contributed by atoms with van der Waals surface area (Å²) in [6.45, 7) is 2.19. The van der Waals surface area contributed by atoms with Crippen molar-refractivity contribution in [3.8, 4) is 0 Å². The van der Waals surface area contributed by atoms with Crippen LogP contribution in [0.15, 0.2) is 30.3 Å². The van der Waals surface area contributed by atoms with Gasteiger partial charge in [-0.05, 0) is 43.6 Å². The Bertz CT molecular complexity index is 377. The van der Waals surface area contributed by atoms with E-state index in [9.17, 15) is 4.79 Å². The highest BCUT2D eigenvalue weighted by Gasteiger charge is 2.30. The first-order valence-corrected chi connectivity index (χ1v) is 7.73. The molecule has 0 radical (unpaired) electrons. The van der Waals surface area contributed by atoms with Gasteiger partial charge in [-0.15, -0.1) is 0 Å². The van der Waals surface area contributed by atoms with Gasteiger partial charge in [0.2, 0.25) is 0 Å². The highest BCUT2D eigenvalue weighted by atomic mass is 32.2. The van der Waals surface area contributed by atoms with Crippen molar-refractivity contribution < 1.29 is 9.53 Å². The normalized spacial score (nSPS) is 22.9. The van der Waals surface area contributed by atoms with Gasteiger partial charge in [0, 0.05) is 5.25 Å². The van der Waals surface area contributed by atoms with E-state index in [0.29, 0.717) is 10.8 Å². The second kappa shape index (κ2) is 6.83. The quantitative estimate of drug-likeness (QED) is 0.754. The molecule has 2 nitrogen and oxygen atoms in total. The molecule has 1 saturated carbocycles. The van der Waals surface area contributed by atoms with Gasteiger partial charge in [-0.2, -0.15) is 11.8 Å². The third kappa shape index (κ3) is 3.52. The van der Waals surface area contributed by atoms with Crippen molar-refractivity contribution in [2.45, 2.75) is 44.0 Å². The lowest BCUT2D eigenvalue weighted by atomic mass is 10.2. The first kappa shape index (κ1) is 13.5. The number of benzene rings is 1. The third-order valence-corrected chi connectivity index (χ3v) is 4.81. The molecule has 0 unspecified atom stereocenters. The van der Waals surface area contributed by atoms with Crippen molar-refractivity contribution in [2.24, 2.45) is 0 Å². The molecule has 1 aromatic carbocycles. The molecule has 0 aliphatic heterocycles. The molecule has 98 valence electrons. The number of rotatable bonds is 5. The standard InChI is InChI=1S/C15H20O2S/c1-2-11-18-14-10-6-9-13(14)17-15(16)12-7-4-3-5-8-12/h3-5,7-8,13-14H,2,6,9-11H2,1H3/t13-,14-/m1/s1. The molecule has 0 saturated heterocycles. The minimum atomic E-state index is -0.176. The monoisotopic (exact) mass is 264 g/mol. The summed E-state index contributed by atoms with van der Waals surface area (Å²) in [5.74, 6) is 0.981. The Morgan fingerprint density at radius 1 is 1.33 bits per heavy atom. The summed E-state index contributed by atoms with van der Waals surface area (Å²) < 4.78 is 5.65. The van der Waals surface area contributed by atoms with Gasteiger partial charge in [0.1, 0.15) is 6.10 Å². The fourth-order valence-electron chi connectivity index (χ4n) is 2.27. The van der Waals surface area contributed by atoms with Gasteiger partial charge in [0.15, 0.2) is 0 Å². The Kier molecular flexibility index (Phi) is 5.12. The van der Waals surface area contributed by atoms with Crippen LogP contribution < -0.4 is 0 Å². The Morgan fingerprint density at radius 3 is 2.83 bits per heavy atom. The summed E-state index contributed by atoms with van der Waals surface area (Å²) in [5.41, 5.74) is 0.656. The van der Waals surface area contributed by atoms with Crippen LogP contribution in [0.1, 0.15) is 43.0 Å². The Labute approximate surface area is 113 Å². The molecular weight excluding hydrogens is 244 g/mol. The molecule has 1 aliphatic carbocycles. The maximum absolute atomic E-state index is 12.0. The highest BCUT2D eigenvalue weighted by molar-refractivity contribution is 7.99. The van der Waals surface area contributed by atoms with Crippen LogP contribution in [-0.2, 0) is 4.74 Å². The van der Waals surface area contributed by atoms with Gasteiger partial charge < -0.3 is 4.74 Å². The zero-order valence-electron chi connectivity index (χ0n) is 10.8. The van der Waals surface area contributed by atoms with E-state index in [2.05, 4.69) is 6.92 Å². The van der Waals surface area contributed by atoms with E-state index in [1.807, 2.05) is 42.1 Å². The van der Waals surface area contributed by atoms with Crippen molar-refractivity contribution >= 4 is 17.7 Å². The maximum Gasteiger partial charge on any atom is 0.338 e. The van der Waals surface area contributed by atoms with Crippen molar-refractivity contribution in [3.63, 3.8) is 0 Å². The van der Waals surface area contributed by atoms with E-state index in [1.54, 1.807) is 0 Å². The largest absolute Gasteiger partial charge is 0.458 e. The summed E-state index contributed by atoms with van der Waals surface area (Å²) in [6, 6.07) is 9.27. The lowest BCUT2D eigenvalue weighted by molar-refractivity contribution is 0.0328. The first-order chi connectivity index (χ1) is 8.81. The molecule has 2 atom stereocenters. The van der Waals surface area contributed by atoms with E-state index in [-0.39, 0.29) is 12.1 Å². The van der Waals surface area contributed by atoms with Gasteiger partial charge >= 0.3 is 5.97 Å². The zero-order valence-corrected chi connectivity index (χ0v) is 11.6. The molecule has 1 aliphatic rings. The lowest BCUT2D eigenvalue weighted by Crippen LogP contribution is -2.24. The van der Waals surface area contributed by atoms with E-state index in [1.165, 1.54) is 19.3 Å². The van der Waals surface area contributed by atoms with E-state index >= 15 is 0 Å². The van der Waals surface area contributed by atoms with Gasteiger partial charge in [0.25, 0.3) is 0 Å². The second-order valence-corrected chi connectivity index (χ2v) is 6.00. The topological polar surface area (TPSA) is 26.3 Å². The van der Waals surface area contributed by atoms with Crippen LogP contribution in [0.4, 0.5) is 0 Å².